The molecule has 12 nitrogen and oxygen atoms in total. The molecule has 0 radical (unpaired) electrons. The van der Waals surface area contributed by atoms with E-state index in [1.54, 1.807) is 9.13 Å². The zero-order valence-electron chi connectivity index (χ0n) is 40.1. The zero-order valence-corrected chi connectivity index (χ0v) is 40.1. The first-order valence-electron chi connectivity index (χ1n) is 23.6. The highest BCUT2D eigenvalue weighted by Gasteiger charge is 2.23. The first-order chi connectivity index (χ1) is 32.5. The molecule has 5 aromatic heterocycles. The maximum atomic E-state index is 13.7. The SMILES string of the molecule is CCCCn1c(-c2c3nc(c(-c4ccc(C(C)(C)C)cc4)c4ccc([nH]4)c(-c4ccc(C(C)(C)C)cc4)c4nc(c(-c5cc(=O)[nH]c(=O)n5CCCC)c5ccc2[nH]5)C=C4)C=C3)cc(=O)[nH]c1=O. The monoisotopic (exact) mass is 906 g/mol. The van der Waals surface area contributed by atoms with Gasteiger partial charge in [-0.3, -0.25) is 28.7 Å². The van der Waals surface area contributed by atoms with E-state index in [9.17, 15) is 19.2 Å². The topological polar surface area (TPSA) is 167 Å². The van der Waals surface area contributed by atoms with Gasteiger partial charge in [0.1, 0.15) is 0 Å². The van der Waals surface area contributed by atoms with Gasteiger partial charge in [-0.25, -0.2) is 19.6 Å². The van der Waals surface area contributed by atoms with Crippen LogP contribution in [0.25, 0.3) is 91.1 Å². The van der Waals surface area contributed by atoms with Crippen LogP contribution < -0.4 is 22.5 Å². The molecule has 2 aliphatic heterocycles. The number of H-pyrrole nitrogens is 4. The van der Waals surface area contributed by atoms with Crippen molar-refractivity contribution >= 4 is 46.4 Å². The van der Waals surface area contributed by atoms with Crippen LogP contribution >= 0.6 is 0 Å². The zero-order chi connectivity index (χ0) is 48.1. The van der Waals surface area contributed by atoms with Gasteiger partial charge < -0.3 is 9.97 Å². The minimum atomic E-state index is -0.537. The second kappa shape index (κ2) is 17.9. The summed E-state index contributed by atoms with van der Waals surface area (Å²) < 4.78 is 3.20. The molecule has 0 saturated carbocycles. The summed E-state index contributed by atoms with van der Waals surface area (Å²) in [5.74, 6) is 0. The maximum Gasteiger partial charge on any atom is 0.328 e. The number of hydrogen-bond acceptors (Lipinski definition) is 6. The van der Waals surface area contributed by atoms with E-state index < -0.39 is 22.5 Å². The van der Waals surface area contributed by atoms with E-state index in [4.69, 9.17) is 9.97 Å². The molecular weight excluding hydrogens is 849 g/mol. The van der Waals surface area contributed by atoms with Crippen LogP contribution in [0.5, 0.6) is 0 Å². The number of nitrogens with zero attached hydrogens (tertiary/aromatic N) is 4. The highest BCUT2D eigenvalue weighted by molar-refractivity contribution is 5.99. The standard InChI is InChI=1S/C56H58N8O4/c1-9-11-29-63-45(31-47(65)61-53(63)67)51-41-25-23-39(58-41)49(33-13-17-35(18-14-33)55(3,4)5)37-21-22-38(57-37)50(34-15-19-36(20-16-34)56(6,7)8)40-24-26-42(59-40)52(44-28-27-43(51)60-44)46-32-48(66)62-54(68)64(46)30-12-10-2/h13-28,31-32,57,60H,9-12,29-30H2,1-8H3,(H,61,65,67)(H,62,66,68). The van der Waals surface area contributed by atoms with Crippen molar-refractivity contribution in [1.82, 2.24) is 39.0 Å². The quantitative estimate of drug-likeness (QED) is 0.107. The van der Waals surface area contributed by atoms with E-state index in [0.29, 0.717) is 82.3 Å². The molecule has 12 heteroatoms. The molecule has 2 aromatic carbocycles. The molecule has 0 amide bonds. The van der Waals surface area contributed by atoms with Crippen molar-refractivity contribution in [3.8, 4) is 44.8 Å². The van der Waals surface area contributed by atoms with Gasteiger partial charge in [0, 0.05) is 58.5 Å². The predicted octanol–water partition coefficient (Wildman–Crippen LogP) is 11.2. The molecule has 7 heterocycles. The average molecular weight is 907 g/mol. The fourth-order valence-corrected chi connectivity index (χ4v) is 9.16. The van der Waals surface area contributed by atoms with Crippen molar-refractivity contribution in [2.45, 2.75) is 105 Å². The Morgan fingerprint density at radius 2 is 0.765 bits per heavy atom. The van der Waals surface area contributed by atoms with Crippen LogP contribution in [0.4, 0.5) is 0 Å². The van der Waals surface area contributed by atoms with Crippen molar-refractivity contribution < 1.29 is 0 Å². The lowest BCUT2D eigenvalue weighted by molar-refractivity contribution is 0.590. The third kappa shape index (κ3) is 8.74. The number of benzene rings is 2. The van der Waals surface area contributed by atoms with Crippen LogP contribution in [-0.2, 0) is 23.9 Å². The molecule has 9 rings (SSSR count). The van der Waals surface area contributed by atoms with Crippen LogP contribution in [0.2, 0.25) is 0 Å². The largest absolute Gasteiger partial charge is 0.354 e. The van der Waals surface area contributed by atoms with Crippen LogP contribution in [0.15, 0.2) is 104 Å². The third-order valence-electron chi connectivity index (χ3n) is 12.9. The summed E-state index contributed by atoms with van der Waals surface area (Å²) in [6.07, 6.45) is 10.8. The third-order valence-corrected chi connectivity index (χ3v) is 12.9. The Kier molecular flexibility index (Phi) is 12.0. The van der Waals surface area contributed by atoms with E-state index in [-0.39, 0.29) is 10.8 Å². The van der Waals surface area contributed by atoms with Crippen molar-refractivity contribution in [2.24, 2.45) is 0 Å². The van der Waals surface area contributed by atoms with Crippen LogP contribution in [-0.4, -0.2) is 39.0 Å². The molecule has 68 heavy (non-hydrogen) atoms. The molecule has 346 valence electrons. The molecule has 0 spiro atoms. The highest BCUT2D eigenvalue weighted by atomic mass is 16.2. The Labute approximate surface area is 394 Å². The fourth-order valence-electron chi connectivity index (χ4n) is 9.16. The lowest BCUT2D eigenvalue weighted by atomic mass is 9.86. The molecule has 0 atom stereocenters. The minimum Gasteiger partial charge on any atom is -0.354 e. The number of aromatic nitrogens is 8. The molecule has 2 aliphatic rings. The van der Waals surface area contributed by atoms with E-state index >= 15 is 0 Å². The van der Waals surface area contributed by atoms with E-state index in [1.807, 2.05) is 50.3 Å². The highest BCUT2D eigenvalue weighted by Crippen LogP contribution is 2.39. The van der Waals surface area contributed by atoms with Gasteiger partial charge in [0.2, 0.25) is 0 Å². The van der Waals surface area contributed by atoms with Gasteiger partial charge in [-0.1, -0.05) is 117 Å². The van der Waals surface area contributed by atoms with Gasteiger partial charge in [0.15, 0.2) is 0 Å². The lowest BCUT2D eigenvalue weighted by Gasteiger charge is -2.19. The molecule has 4 N–H and O–H groups in total. The van der Waals surface area contributed by atoms with Gasteiger partial charge in [0.25, 0.3) is 11.1 Å². The minimum absolute atomic E-state index is 0.0623. The van der Waals surface area contributed by atoms with E-state index in [1.165, 1.54) is 23.3 Å². The molecule has 0 aliphatic carbocycles. The summed E-state index contributed by atoms with van der Waals surface area (Å²) >= 11 is 0. The van der Waals surface area contributed by atoms with Gasteiger partial charge in [-0.2, -0.15) is 0 Å². The van der Waals surface area contributed by atoms with Gasteiger partial charge in [0.05, 0.1) is 45.2 Å². The van der Waals surface area contributed by atoms with Crippen molar-refractivity contribution in [1.29, 1.82) is 0 Å². The van der Waals surface area contributed by atoms with E-state index in [2.05, 4.69) is 122 Å². The van der Waals surface area contributed by atoms with Crippen molar-refractivity contribution in [3.63, 3.8) is 0 Å². The number of fused-ring (bicyclic) bond motifs is 8. The Hall–Kier alpha value is -7.60. The van der Waals surface area contributed by atoms with E-state index in [0.717, 1.165) is 46.1 Å². The number of hydrogen-bond donors (Lipinski definition) is 4. The van der Waals surface area contributed by atoms with Gasteiger partial charge >= 0.3 is 11.4 Å². The summed E-state index contributed by atoms with van der Waals surface area (Å²) in [7, 11) is 0. The summed E-state index contributed by atoms with van der Waals surface area (Å²) in [6.45, 7) is 18.0. The predicted molar refractivity (Wildman–Crippen MR) is 278 cm³/mol. The number of rotatable bonds is 10. The Morgan fingerprint density at radius 1 is 0.441 bits per heavy atom. The van der Waals surface area contributed by atoms with Crippen LogP contribution in [0.3, 0.4) is 0 Å². The summed E-state index contributed by atoms with van der Waals surface area (Å²) in [6, 6.07) is 28.0. The molecular formula is C56H58N8O4. The first kappa shape index (κ1) is 45.6. The second-order valence-corrected chi connectivity index (χ2v) is 19.8. The second-order valence-electron chi connectivity index (χ2n) is 19.8. The molecule has 7 aromatic rings. The van der Waals surface area contributed by atoms with Crippen LogP contribution in [0.1, 0.15) is 115 Å². The molecule has 0 fully saturated rings. The summed E-state index contributed by atoms with van der Waals surface area (Å²) in [4.78, 5) is 77.3. The van der Waals surface area contributed by atoms with Gasteiger partial charge in [-0.15, -0.1) is 0 Å². The van der Waals surface area contributed by atoms with Crippen molar-refractivity contribution in [3.05, 3.63) is 161 Å². The van der Waals surface area contributed by atoms with Crippen molar-refractivity contribution in [2.75, 3.05) is 0 Å². The Balaban J connectivity index is 1.49. The number of aromatic amines is 4. The fraction of sp³-hybridized carbons (Fsp3) is 0.286. The average Bonchev–Trinajstić information content (AvgIpc) is 4.14. The Bertz CT molecular complexity index is 3350. The summed E-state index contributed by atoms with van der Waals surface area (Å²) in [5.41, 5.74) is 10.8. The number of nitrogens with one attached hydrogen (secondary N) is 4. The maximum absolute atomic E-state index is 13.7. The molecule has 0 saturated heterocycles. The van der Waals surface area contributed by atoms with Crippen LogP contribution in [0, 0.1) is 0 Å². The first-order valence-corrected chi connectivity index (χ1v) is 23.6. The summed E-state index contributed by atoms with van der Waals surface area (Å²) in [5, 5.41) is 0. The molecule has 0 unspecified atom stereocenters. The normalized spacial score (nSPS) is 12.6. The Morgan fingerprint density at radius 3 is 1.09 bits per heavy atom. The lowest BCUT2D eigenvalue weighted by Crippen LogP contribution is -2.31. The number of unbranched alkanes of at least 4 members (excludes halogenated alkanes) is 2. The van der Waals surface area contributed by atoms with Gasteiger partial charge in [-0.05, 0) is 94.5 Å². The smallest absolute Gasteiger partial charge is 0.328 e. The molecule has 8 bridgehead atoms.